The molecule has 0 fully saturated rings. The number of fused-ring (bicyclic) bond motifs is 1. The van der Waals surface area contributed by atoms with Gasteiger partial charge in [0.05, 0.1) is 0 Å². The van der Waals surface area contributed by atoms with E-state index >= 15 is 0 Å². The van der Waals surface area contributed by atoms with Gasteiger partial charge in [-0.05, 0) is 99.1 Å². The number of hydrogen-bond acceptors (Lipinski definition) is 6. The molecule has 0 N–H and O–H groups in total. The summed E-state index contributed by atoms with van der Waals surface area (Å²) in [4.78, 5) is 32.8. The fourth-order valence-corrected chi connectivity index (χ4v) is 7.86. The number of carbonyl (C=O) groups excluding carboxylic acids is 2. The van der Waals surface area contributed by atoms with Gasteiger partial charge in [0.2, 0.25) is 10.0 Å². The molecule has 254 valence electrons. The molecule has 1 unspecified atom stereocenters. The second kappa shape index (κ2) is 12.8. The van der Waals surface area contributed by atoms with E-state index in [4.69, 9.17) is 4.74 Å². The van der Waals surface area contributed by atoms with E-state index in [0.717, 1.165) is 46.2 Å². The van der Waals surface area contributed by atoms with Crippen molar-refractivity contribution in [3.05, 3.63) is 114 Å². The average molecular weight is 679 g/mol. The van der Waals surface area contributed by atoms with Crippen molar-refractivity contribution < 1.29 is 22.7 Å². The molecule has 1 atom stereocenters. The number of pyridine rings is 1. The highest BCUT2D eigenvalue weighted by atomic mass is 32.2. The van der Waals surface area contributed by atoms with Crippen molar-refractivity contribution in [1.82, 2.24) is 18.8 Å². The zero-order chi connectivity index (χ0) is 35.1. The van der Waals surface area contributed by atoms with Crippen molar-refractivity contribution in [3.63, 3.8) is 0 Å². The molecule has 0 saturated heterocycles. The molecule has 0 spiro atoms. The van der Waals surface area contributed by atoms with Crippen molar-refractivity contribution in [2.75, 3.05) is 20.6 Å². The third-order valence-electron chi connectivity index (χ3n) is 8.91. The minimum Gasteiger partial charge on any atom is -0.443 e. The van der Waals surface area contributed by atoms with Crippen LogP contribution in [0.1, 0.15) is 68.4 Å². The first kappa shape index (κ1) is 33.9. The Morgan fingerprint density at radius 3 is 2.24 bits per heavy atom. The van der Waals surface area contributed by atoms with Gasteiger partial charge >= 0.3 is 6.09 Å². The van der Waals surface area contributed by atoms with Crippen LogP contribution in [0.4, 0.5) is 4.79 Å². The Balaban J connectivity index is 1.20. The SMILES string of the molecule is CN(C)C(=O)c1ccc(C2=CC=CC(C)(S(=O)(=O)n3ccc4cc(-c5ccc(C6=CN(C(=O)OC(C)(C)C)CCC6)cc5)cnc43)C2)cc1. The van der Waals surface area contributed by atoms with E-state index in [-0.39, 0.29) is 18.4 Å². The molecule has 0 bridgehead atoms. The summed E-state index contributed by atoms with van der Waals surface area (Å²) in [7, 11) is -0.498. The van der Waals surface area contributed by atoms with E-state index in [1.807, 2.05) is 75.5 Å². The largest absolute Gasteiger partial charge is 0.443 e. The maximum Gasteiger partial charge on any atom is 0.414 e. The van der Waals surface area contributed by atoms with Crippen LogP contribution in [-0.2, 0) is 14.8 Å². The van der Waals surface area contributed by atoms with Crippen LogP contribution in [0.25, 0.3) is 33.3 Å². The number of amides is 2. The zero-order valence-corrected chi connectivity index (χ0v) is 29.6. The third kappa shape index (κ3) is 6.83. The van der Waals surface area contributed by atoms with Gasteiger partial charge in [0.1, 0.15) is 10.3 Å². The highest BCUT2D eigenvalue weighted by molar-refractivity contribution is 7.91. The molecule has 49 heavy (non-hydrogen) atoms. The molecule has 2 aromatic carbocycles. The Kier molecular flexibility index (Phi) is 8.87. The summed E-state index contributed by atoms with van der Waals surface area (Å²) in [5.41, 5.74) is 6.04. The van der Waals surface area contributed by atoms with E-state index in [0.29, 0.717) is 23.1 Å². The van der Waals surface area contributed by atoms with Crippen LogP contribution in [0.3, 0.4) is 0 Å². The lowest BCUT2D eigenvalue weighted by Crippen LogP contribution is -2.38. The van der Waals surface area contributed by atoms with Gasteiger partial charge in [-0.1, -0.05) is 54.6 Å². The summed E-state index contributed by atoms with van der Waals surface area (Å²) in [5.74, 6) is -0.0889. The molecule has 0 radical (unpaired) electrons. The first-order valence-electron chi connectivity index (χ1n) is 16.4. The number of aromatic nitrogens is 2. The van der Waals surface area contributed by atoms with E-state index in [2.05, 4.69) is 4.98 Å². The Labute approximate surface area is 288 Å². The lowest BCUT2D eigenvalue weighted by Gasteiger charge is -2.30. The molecule has 9 nitrogen and oxygen atoms in total. The van der Waals surface area contributed by atoms with Crippen molar-refractivity contribution >= 4 is 44.2 Å². The van der Waals surface area contributed by atoms with Gasteiger partial charge < -0.3 is 9.64 Å². The van der Waals surface area contributed by atoms with Gasteiger partial charge in [0.15, 0.2) is 5.65 Å². The third-order valence-corrected chi connectivity index (χ3v) is 11.2. The van der Waals surface area contributed by atoms with E-state index in [1.165, 1.54) is 8.87 Å². The molecule has 6 rings (SSSR count). The van der Waals surface area contributed by atoms with Crippen LogP contribution in [0.5, 0.6) is 0 Å². The molecule has 2 aromatic heterocycles. The number of allylic oxidation sites excluding steroid dienone is 4. The summed E-state index contributed by atoms with van der Waals surface area (Å²) in [6.45, 7) is 7.93. The quantitative estimate of drug-likeness (QED) is 0.207. The highest BCUT2D eigenvalue weighted by Gasteiger charge is 2.41. The second-order valence-electron chi connectivity index (χ2n) is 14.1. The molecule has 2 amide bonds. The standard InChI is InChI=1S/C39H42N4O5S/c1-38(2,3)48-37(45)42-21-8-10-33(26-42)28-11-13-29(14-12-28)34-23-31-19-22-43(35(31)40-25-34)49(46,47)39(4)20-7-9-32(24-39)27-15-17-30(18-16-27)36(44)41(5)6/h7,9,11-20,22-23,25-26H,8,10,21,24H2,1-6H3. The Bertz CT molecular complexity index is 2120. The Morgan fingerprint density at radius 1 is 0.918 bits per heavy atom. The Morgan fingerprint density at radius 2 is 1.57 bits per heavy atom. The van der Waals surface area contributed by atoms with Crippen LogP contribution < -0.4 is 0 Å². The van der Waals surface area contributed by atoms with Crippen LogP contribution in [0.2, 0.25) is 0 Å². The van der Waals surface area contributed by atoms with Crippen LogP contribution in [-0.4, -0.2) is 70.2 Å². The molecule has 2 aliphatic rings. The summed E-state index contributed by atoms with van der Waals surface area (Å²) in [6.07, 6.45) is 12.2. The van der Waals surface area contributed by atoms with Crippen molar-refractivity contribution in [1.29, 1.82) is 0 Å². The van der Waals surface area contributed by atoms with Crippen molar-refractivity contribution in [2.45, 2.75) is 57.3 Å². The summed E-state index contributed by atoms with van der Waals surface area (Å²) in [5, 5.41) is 0.716. The van der Waals surface area contributed by atoms with E-state index in [1.54, 1.807) is 68.7 Å². The maximum atomic E-state index is 14.2. The van der Waals surface area contributed by atoms with Gasteiger partial charge in [-0.2, -0.15) is 0 Å². The van der Waals surface area contributed by atoms with Gasteiger partial charge in [-0.3, -0.25) is 9.69 Å². The van der Waals surface area contributed by atoms with Gasteiger partial charge in [0.25, 0.3) is 5.91 Å². The molecule has 3 heterocycles. The number of ether oxygens (including phenoxy) is 1. The lowest BCUT2D eigenvalue weighted by molar-refractivity contribution is 0.0329. The van der Waals surface area contributed by atoms with Gasteiger partial charge in [-0.25, -0.2) is 22.2 Å². The van der Waals surface area contributed by atoms with Crippen LogP contribution >= 0.6 is 0 Å². The lowest BCUT2D eigenvalue weighted by atomic mass is 9.90. The fourth-order valence-electron chi connectivity index (χ4n) is 6.22. The molecular formula is C39H42N4O5S. The number of benzene rings is 2. The summed E-state index contributed by atoms with van der Waals surface area (Å²) in [6, 6.07) is 19.1. The molecule has 10 heteroatoms. The molecule has 4 aromatic rings. The minimum absolute atomic E-state index is 0.0889. The molecule has 1 aliphatic carbocycles. The predicted molar refractivity (Wildman–Crippen MR) is 194 cm³/mol. The second-order valence-corrected chi connectivity index (χ2v) is 16.4. The normalized spacial score (nSPS) is 18.2. The molecule has 0 saturated carbocycles. The van der Waals surface area contributed by atoms with Crippen molar-refractivity contribution in [2.24, 2.45) is 0 Å². The number of carbonyl (C=O) groups is 2. The first-order valence-corrected chi connectivity index (χ1v) is 17.8. The summed E-state index contributed by atoms with van der Waals surface area (Å²) < 4.78 is 34.0. The maximum absolute atomic E-state index is 14.2. The van der Waals surface area contributed by atoms with Crippen molar-refractivity contribution in [3.8, 4) is 11.1 Å². The summed E-state index contributed by atoms with van der Waals surface area (Å²) >= 11 is 0. The zero-order valence-electron chi connectivity index (χ0n) is 28.8. The number of rotatable bonds is 6. The first-order chi connectivity index (χ1) is 23.1. The predicted octanol–water partition coefficient (Wildman–Crippen LogP) is 7.76. The van der Waals surface area contributed by atoms with Gasteiger partial charge in [0, 0.05) is 55.7 Å². The average Bonchev–Trinajstić information content (AvgIpc) is 3.52. The van der Waals surface area contributed by atoms with E-state index < -0.39 is 20.4 Å². The fraction of sp³-hybridized carbons (Fsp3) is 0.308. The van der Waals surface area contributed by atoms with E-state index in [9.17, 15) is 18.0 Å². The number of hydrogen-bond donors (Lipinski definition) is 0. The molecular weight excluding hydrogens is 637 g/mol. The molecule has 1 aliphatic heterocycles. The smallest absolute Gasteiger partial charge is 0.414 e. The van der Waals surface area contributed by atoms with Crippen LogP contribution in [0, 0.1) is 0 Å². The van der Waals surface area contributed by atoms with Gasteiger partial charge in [-0.15, -0.1) is 0 Å². The Hall–Kier alpha value is -4.96. The van der Waals surface area contributed by atoms with Crippen LogP contribution in [0.15, 0.2) is 97.5 Å². The monoisotopic (exact) mass is 678 g/mol. The minimum atomic E-state index is -3.91. The number of nitrogens with zero attached hydrogens (tertiary/aromatic N) is 4. The highest BCUT2D eigenvalue weighted by Crippen LogP contribution is 2.38. The topological polar surface area (TPSA) is 102 Å².